The van der Waals surface area contributed by atoms with Gasteiger partial charge in [0, 0.05) is 30.3 Å². The zero-order chi connectivity index (χ0) is 18.9. The number of carbonyl (C=O) groups excluding carboxylic acids is 2. The van der Waals surface area contributed by atoms with Crippen molar-refractivity contribution in [3.63, 3.8) is 0 Å². The van der Waals surface area contributed by atoms with Crippen molar-refractivity contribution in [1.82, 2.24) is 4.90 Å². The molecule has 0 N–H and O–H groups in total. The maximum atomic E-state index is 13.1. The predicted octanol–water partition coefficient (Wildman–Crippen LogP) is 3.71. The number of ether oxygens (including phenoxy) is 1. The third-order valence-electron chi connectivity index (χ3n) is 4.86. The molecule has 0 unspecified atom stereocenters. The fourth-order valence-electron chi connectivity index (χ4n) is 3.43. The summed E-state index contributed by atoms with van der Waals surface area (Å²) >= 11 is 0. The zero-order valence-corrected chi connectivity index (χ0v) is 15.2. The number of nitro benzene ring substituents is 1. The zero-order valence-electron chi connectivity index (χ0n) is 15.2. The Hall–Kier alpha value is -2.44. The maximum Gasteiger partial charge on any atom is 0.307 e. The first-order chi connectivity index (χ1) is 12.5. The molecule has 7 nitrogen and oxygen atoms in total. The first-order valence-corrected chi connectivity index (χ1v) is 9.15. The lowest BCUT2D eigenvalue weighted by atomic mass is 9.95. The van der Waals surface area contributed by atoms with Gasteiger partial charge in [0.1, 0.15) is 0 Å². The summed E-state index contributed by atoms with van der Waals surface area (Å²) in [6.07, 6.45) is 7.49. The van der Waals surface area contributed by atoms with Crippen LogP contribution in [-0.2, 0) is 9.53 Å². The molecule has 1 aromatic rings. The summed E-state index contributed by atoms with van der Waals surface area (Å²) in [4.78, 5) is 36.8. The van der Waals surface area contributed by atoms with Crippen LogP contribution in [0.1, 0.15) is 61.7 Å². The van der Waals surface area contributed by atoms with Gasteiger partial charge in [-0.15, -0.1) is 0 Å². The van der Waals surface area contributed by atoms with Crippen LogP contribution in [0.25, 0.3) is 0 Å². The molecule has 0 bridgehead atoms. The third-order valence-corrected chi connectivity index (χ3v) is 4.86. The van der Waals surface area contributed by atoms with Crippen molar-refractivity contribution in [2.24, 2.45) is 0 Å². The van der Waals surface area contributed by atoms with E-state index < -0.39 is 4.92 Å². The van der Waals surface area contributed by atoms with Gasteiger partial charge in [-0.3, -0.25) is 19.7 Å². The second-order valence-corrected chi connectivity index (χ2v) is 6.63. The Morgan fingerprint density at radius 1 is 1.19 bits per heavy atom. The molecule has 1 fully saturated rings. The van der Waals surface area contributed by atoms with Gasteiger partial charge in [-0.25, -0.2) is 0 Å². The van der Waals surface area contributed by atoms with Crippen LogP contribution in [0.2, 0.25) is 0 Å². The standard InChI is InChI=1S/C19H26N2O5/c1-26-18(22)12-13-20(16-9-5-3-2-4-6-10-16)19(23)15-8-7-11-17(14-15)21(24)25/h7-8,11,14,16H,2-6,9-10,12-13H2,1H3. The summed E-state index contributed by atoms with van der Waals surface area (Å²) in [5.41, 5.74) is 0.174. The number of methoxy groups -OCH3 is 1. The van der Waals surface area contributed by atoms with Crippen molar-refractivity contribution in [2.75, 3.05) is 13.7 Å². The molecule has 0 aliphatic heterocycles. The topological polar surface area (TPSA) is 89.8 Å². The highest BCUT2D eigenvalue weighted by molar-refractivity contribution is 5.95. The van der Waals surface area contributed by atoms with Crippen molar-refractivity contribution in [3.8, 4) is 0 Å². The van der Waals surface area contributed by atoms with Gasteiger partial charge >= 0.3 is 5.97 Å². The van der Waals surface area contributed by atoms with E-state index in [1.165, 1.54) is 31.7 Å². The van der Waals surface area contributed by atoms with E-state index >= 15 is 0 Å². The van der Waals surface area contributed by atoms with Crippen LogP contribution in [0.5, 0.6) is 0 Å². The first kappa shape index (κ1) is 19.9. The Labute approximate surface area is 153 Å². The summed E-state index contributed by atoms with van der Waals surface area (Å²) in [6.45, 7) is 0.263. The summed E-state index contributed by atoms with van der Waals surface area (Å²) in [5, 5.41) is 11.0. The molecule has 1 saturated carbocycles. The van der Waals surface area contributed by atoms with Gasteiger partial charge in [-0.05, 0) is 18.9 Å². The molecule has 0 heterocycles. The Bertz CT molecular complexity index is 639. The summed E-state index contributed by atoms with van der Waals surface area (Å²) in [6, 6.07) is 5.82. The largest absolute Gasteiger partial charge is 0.469 e. The molecular weight excluding hydrogens is 336 g/mol. The van der Waals surface area contributed by atoms with Gasteiger partial charge in [-0.1, -0.05) is 38.2 Å². The van der Waals surface area contributed by atoms with Gasteiger partial charge in [0.15, 0.2) is 0 Å². The molecule has 1 aliphatic rings. The lowest BCUT2D eigenvalue weighted by molar-refractivity contribution is -0.384. The first-order valence-electron chi connectivity index (χ1n) is 9.15. The normalized spacial score (nSPS) is 15.6. The number of carbonyl (C=O) groups is 2. The van der Waals surface area contributed by atoms with Gasteiger partial charge in [0.2, 0.25) is 0 Å². The van der Waals surface area contributed by atoms with Crippen molar-refractivity contribution in [3.05, 3.63) is 39.9 Å². The molecule has 1 aromatic carbocycles. The van der Waals surface area contributed by atoms with Gasteiger partial charge < -0.3 is 9.64 Å². The van der Waals surface area contributed by atoms with Crippen molar-refractivity contribution in [1.29, 1.82) is 0 Å². The molecule has 0 saturated heterocycles. The van der Waals surface area contributed by atoms with E-state index in [1.807, 2.05) is 0 Å². The van der Waals surface area contributed by atoms with E-state index in [4.69, 9.17) is 4.74 Å². The molecule has 1 aliphatic carbocycles. The average molecular weight is 362 g/mol. The fraction of sp³-hybridized carbons (Fsp3) is 0.579. The number of amides is 1. The maximum absolute atomic E-state index is 13.1. The van der Waals surface area contributed by atoms with Crippen LogP contribution in [0.4, 0.5) is 5.69 Å². The number of rotatable bonds is 6. The summed E-state index contributed by atoms with van der Waals surface area (Å²) in [7, 11) is 1.32. The van der Waals surface area contributed by atoms with Crippen LogP contribution in [-0.4, -0.2) is 41.4 Å². The molecule has 0 aromatic heterocycles. The van der Waals surface area contributed by atoms with Gasteiger partial charge in [0.25, 0.3) is 11.6 Å². The van der Waals surface area contributed by atoms with E-state index in [9.17, 15) is 19.7 Å². The monoisotopic (exact) mass is 362 g/mol. The number of nitro groups is 1. The van der Waals surface area contributed by atoms with E-state index in [0.29, 0.717) is 0 Å². The fourth-order valence-corrected chi connectivity index (χ4v) is 3.43. The highest BCUT2D eigenvalue weighted by Crippen LogP contribution is 2.24. The molecule has 0 radical (unpaired) electrons. The van der Waals surface area contributed by atoms with Crippen LogP contribution >= 0.6 is 0 Å². The lowest BCUT2D eigenvalue weighted by Gasteiger charge is -2.33. The molecule has 0 atom stereocenters. The third kappa shape index (κ3) is 5.54. The Kier molecular flexibility index (Phi) is 7.56. The van der Waals surface area contributed by atoms with E-state index in [-0.39, 0.29) is 42.1 Å². The molecule has 142 valence electrons. The minimum atomic E-state index is -0.509. The number of hydrogen-bond donors (Lipinski definition) is 0. The molecular formula is C19H26N2O5. The molecule has 2 rings (SSSR count). The summed E-state index contributed by atoms with van der Waals surface area (Å²) in [5.74, 6) is -0.629. The minimum Gasteiger partial charge on any atom is -0.469 e. The second kappa shape index (κ2) is 9.89. The van der Waals surface area contributed by atoms with E-state index in [0.717, 1.165) is 38.5 Å². The number of hydrogen-bond acceptors (Lipinski definition) is 5. The van der Waals surface area contributed by atoms with E-state index in [1.54, 1.807) is 11.0 Å². The van der Waals surface area contributed by atoms with E-state index in [2.05, 4.69) is 0 Å². The minimum absolute atomic E-state index is 0.0479. The van der Waals surface area contributed by atoms with Crippen molar-refractivity contribution >= 4 is 17.6 Å². The predicted molar refractivity (Wildman–Crippen MR) is 96.9 cm³/mol. The molecule has 26 heavy (non-hydrogen) atoms. The quantitative estimate of drug-likeness (QED) is 0.437. The lowest BCUT2D eigenvalue weighted by Crippen LogP contribution is -2.42. The number of esters is 1. The molecule has 1 amide bonds. The van der Waals surface area contributed by atoms with Crippen molar-refractivity contribution in [2.45, 2.75) is 57.4 Å². The van der Waals surface area contributed by atoms with Gasteiger partial charge in [0.05, 0.1) is 18.5 Å². The SMILES string of the molecule is COC(=O)CCN(C(=O)c1cccc([N+](=O)[O-])c1)C1CCCCCCC1. The molecule has 7 heteroatoms. The Morgan fingerprint density at radius 2 is 1.85 bits per heavy atom. The van der Waals surface area contributed by atoms with Gasteiger partial charge in [-0.2, -0.15) is 0 Å². The smallest absolute Gasteiger partial charge is 0.307 e. The Balaban J connectivity index is 2.22. The number of benzene rings is 1. The Morgan fingerprint density at radius 3 is 2.46 bits per heavy atom. The second-order valence-electron chi connectivity index (χ2n) is 6.63. The van der Waals surface area contributed by atoms with Crippen LogP contribution in [0.15, 0.2) is 24.3 Å². The number of non-ortho nitro benzene ring substituents is 1. The average Bonchev–Trinajstić information content (AvgIpc) is 2.62. The van der Waals surface area contributed by atoms with Crippen LogP contribution in [0, 0.1) is 10.1 Å². The number of nitrogens with zero attached hydrogens (tertiary/aromatic N) is 2. The van der Waals surface area contributed by atoms with Crippen LogP contribution < -0.4 is 0 Å². The summed E-state index contributed by atoms with van der Waals surface area (Å²) < 4.78 is 4.70. The highest BCUT2D eigenvalue weighted by atomic mass is 16.6. The van der Waals surface area contributed by atoms with Crippen molar-refractivity contribution < 1.29 is 19.2 Å². The molecule has 0 spiro atoms. The highest BCUT2D eigenvalue weighted by Gasteiger charge is 2.26. The van der Waals surface area contributed by atoms with Crippen LogP contribution in [0.3, 0.4) is 0 Å².